The van der Waals surface area contributed by atoms with Gasteiger partial charge in [0, 0.05) is 67.3 Å². The van der Waals surface area contributed by atoms with Crippen molar-refractivity contribution in [2.24, 2.45) is 10.8 Å². The summed E-state index contributed by atoms with van der Waals surface area (Å²) in [6, 6.07) is 24.6. The molecule has 17 heteroatoms. The summed E-state index contributed by atoms with van der Waals surface area (Å²) in [6.07, 6.45) is 18.2. The Morgan fingerprint density at radius 1 is 0.560 bits per heavy atom. The fraction of sp³-hybridized carbons (Fsp3) is 0.608. The second kappa shape index (κ2) is 28.2. The van der Waals surface area contributed by atoms with Crippen LogP contribution in [-0.2, 0) is 27.4 Å². The highest BCUT2D eigenvalue weighted by atomic mass is 127. The normalized spacial score (nSPS) is 22.2. The summed E-state index contributed by atoms with van der Waals surface area (Å²) in [4.78, 5) is 51.8. The van der Waals surface area contributed by atoms with Crippen molar-refractivity contribution in [1.82, 2.24) is 28.2 Å². The van der Waals surface area contributed by atoms with Gasteiger partial charge in [-0.1, -0.05) is 167 Å². The minimum Gasteiger partial charge on any atom is -0.444 e. The second-order valence-corrected chi connectivity index (χ2v) is 44.6. The highest BCUT2D eigenvalue weighted by Gasteiger charge is 2.57. The van der Waals surface area contributed by atoms with Crippen LogP contribution in [0.5, 0.6) is 0 Å². The molecule has 6 saturated carbocycles. The predicted molar refractivity (Wildman–Crippen MR) is 388 cm³/mol. The fourth-order valence-electron chi connectivity index (χ4n) is 17.8. The van der Waals surface area contributed by atoms with Gasteiger partial charge >= 0.3 is 12.2 Å². The van der Waals surface area contributed by atoms with E-state index in [-0.39, 0.29) is 34.1 Å². The zero-order chi connectivity index (χ0) is 67.0. The number of benzene rings is 2. The Morgan fingerprint density at radius 3 is 1.25 bits per heavy atom. The third kappa shape index (κ3) is 14.3. The molecule has 12 rings (SSSR count). The number of carbonyl (C=O) groups is 3. The standard InChI is InChI=1S/C37H54ClN3O3Si.C21H29NO3.C16H24ClIN2Si/c1-25(2)45(26(3)4,27(5)6)41-22-15-29-31(30(38)23-39-33(29)41)32(42)36-16-19-37(20-17-36,21-18-36)40(34(43)44-35(7,8)9)24-28-13-11-10-12-14-28;1-19(2,3)25-18(24)22(15-17-7-5-4-6-8-17)21-12-9-20(16-23,10-13-21)11-14-21;1-10(2)21(11(3)4,12(5)6)20-8-7-13-15(18)14(17)9-19-16(13)20/h10-15,22-23,25-27,32,42H,16-21,24H2,1-9H3;4-8,16H,9-15H2,1-3H3;7-12H,1-6H3. The molecule has 4 aromatic heterocycles. The van der Waals surface area contributed by atoms with Crippen LogP contribution in [0.15, 0.2) is 97.6 Å². The average Bonchev–Trinajstić information content (AvgIpc) is 1.68. The molecule has 4 bridgehead atoms. The topological polar surface area (TPSA) is 132 Å². The van der Waals surface area contributed by atoms with E-state index in [2.05, 4.69) is 168 Å². The van der Waals surface area contributed by atoms with E-state index >= 15 is 0 Å². The van der Waals surface area contributed by atoms with Gasteiger partial charge in [0.25, 0.3) is 0 Å². The van der Waals surface area contributed by atoms with Crippen LogP contribution in [-0.4, -0.2) is 90.6 Å². The number of hydrogen-bond donors (Lipinski definition) is 1. The lowest BCUT2D eigenvalue weighted by Crippen LogP contribution is -2.59. The SMILES string of the molecule is CC(C)(C)OC(=O)N(Cc1ccccc1)C12CCC(C=O)(CC1)CC2.CC(C)[Si](C(C)C)(C(C)C)n1ccc2c(C(O)C34CCC(N(Cc5ccccc5)C(=O)OC(C)(C)C)(CC3)CC4)c(Cl)cnc21.CC(C)[Si](C(C)C)(C(C)C)n1ccc2c(I)c(Cl)cnc21. The first-order valence-corrected chi connectivity index (χ1v) is 40.0. The zero-order valence-electron chi connectivity index (χ0n) is 58.1. The van der Waals surface area contributed by atoms with E-state index in [4.69, 9.17) is 37.7 Å². The molecule has 6 aliphatic rings. The van der Waals surface area contributed by atoms with Crippen LogP contribution < -0.4 is 0 Å². The molecule has 1 N–H and O–H groups in total. The van der Waals surface area contributed by atoms with Crippen molar-refractivity contribution in [3.63, 3.8) is 0 Å². The smallest absolute Gasteiger partial charge is 0.411 e. The summed E-state index contributed by atoms with van der Waals surface area (Å²) >= 11 is 15.5. The van der Waals surface area contributed by atoms with Crippen LogP contribution in [0.2, 0.25) is 43.3 Å². The number of fused-ring (bicyclic) bond motifs is 8. The van der Waals surface area contributed by atoms with Gasteiger partial charge in [0.1, 0.15) is 28.8 Å². The Balaban J connectivity index is 0.000000195. The minimum atomic E-state index is -2.05. The summed E-state index contributed by atoms with van der Waals surface area (Å²) in [7, 11) is -3.80. The van der Waals surface area contributed by atoms with E-state index in [1.807, 2.05) is 87.7 Å². The quantitative estimate of drug-likeness (QED) is 0.0542. The summed E-state index contributed by atoms with van der Waals surface area (Å²) in [6.45, 7) is 41.0. The molecule has 2 amide bonds. The first-order valence-electron chi connectivity index (χ1n) is 33.8. The maximum absolute atomic E-state index is 13.7. The molecule has 1 unspecified atom stereocenters. The maximum Gasteiger partial charge on any atom is 0.411 e. The molecule has 498 valence electrons. The molecule has 1 atom stereocenters. The van der Waals surface area contributed by atoms with E-state index in [0.717, 1.165) is 125 Å². The van der Waals surface area contributed by atoms with Gasteiger partial charge in [0.2, 0.25) is 0 Å². The number of hydrogen-bond acceptors (Lipinski definition) is 8. The van der Waals surface area contributed by atoms with Gasteiger partial charge in [0.05, 0.1) is 16.1 Å². The molecular formula is C74H107Cl2IN6O6Si2. The molecule has 0 saturated heterocycles. The molecule has 6 aromatic rings. The van der Waals surface area contributed by atoms with Gasteiger partial charge in [-0.3, -0.25) is 9.80 Å². The van der Waals surface area contributed by atoms with Gasteiger partial charge in [0.15, 0.2) is 16.5 Å². The third-order valence-corrected chi connectivity index (χ3v) is 37.6. The highest BCUT2D eigenvalue weighted by molar-refractivity contribution is 14.1. The Morgan fingerprint density at radius 2 is 0.901 bits per heavy atom. The molecular weight excluding hydrogens is 1320 g/mol. The number of aromatic nitrogens is 4. The predicted octanol–water partition coefficient (Wildman–Crippen LogP) is 21.3. The molecule has 6 aliphatic carbocycles. The number of halogens is 3. The largest absolute Gasteiger partial charge is 0.444 e. The fourth-order valence-corrected chi connectivity index (χ4v) is 31.9. The number of amides is 2. The van der Waals surface area contributed by atoms with Crippen LogP contribution in [0.25, 0.3) is 22.1 Å². The van der Waals surface area contributed by atoms with Gasteiger partial charge < -0.3 is 27.8 Å². The molecule has 2 aromatic carbocycles. The zero-order valence-corrected chi connectivity index (χ0v) is 63.7. The van der Waals surface area contributed by atoms with Crippen molar-refractivity contribution in [2.45, 2.75) is 276 Å². The van der Waals surface area contributed by atoms with E-state index in [1.54, 1.807) is 12.4 Å². The van der Waals surface area contributed by atoms with Crippen LogP contribution in [0.3, 0.4) is 0 Å². The summed E-state index contributed by atoms with van der Waals surface area (Å²) in [5.41, 5.74) is 6.61. The Hall–Kier alpha value is -4.27. The lowest BCUT2D eigenvalue weighted by Gasteiger charge is -2.58. The minimum absolute atomic E-state index is 0.145. The van der Waals surface area contributed by atoms with Gasteiger partial charge in [-0.05, 0) is 210 Å². The Kier molecular flexibility index (Phi) is 22.5. The molecule has 0 spiro atoms. The molecule has 91 heavy (non-hydrogen) atoms. The van der Waals surface area contributed by atoms with E-state index in [1.165, 1.54) is 5.39 Å². The lowest BCUT2D eigenvalue weighted by molar-refractivity contribution is -0.127. The number of aliphatic hydroxyl groups is 1. The molecule has 4 heterocycles. The monoisotopic (exact) mass is 1430 g/mol. The van der Waals surface area contributed by atoms with E-state index < -0.39 is 33.8 Å². The van der Waals surface area contributed by atoms with Crippen molar-refractivity contribution in [3.05, 3.63) is 128 Å². The van der Waals surface area contributed by atoms with Crippen molar-refractivity contribution < 1.29 is 29.0 Å². The first-order chi connectivity index (χ1) is 42.6. The van der Waals surface area contributed by atoms with Crippen molar-refractivity contribution in [3.8, 4) is 0 Å². The van der Waals surface area contributed by atoms with Crippen molar-refractivity contribution >= 4 is 103 Å². The lowest BCUT2D eigenvalue weighted by atomic mass is 9.54. The van der Waals surface area contributed by atoms with Crippen LogP contribution in [0.4, 0.5) is 9.59 Å². The number of aldehydes is 1. The Bertz CT molecular complexity index is 3390. The number of carbonyl (C=O) groups excluding carboxylic acids is 3. The van der Waals surface area contributed by atoms with Crippen molar-refractivity contribution in [1.29, 1.82) is 0 Å². The summed E-state index contributed by atoms with van der Waals surface area (Å²) < 4.78 is 17.8. The van der Waals surface area contributed by atoms with Gasteiger partial charge in [-0.15, -0.1) is 0 Å². The van der Waals surface area contributed by atoms with Gasteiger partial charge in [-0.2, -0.15) is 0 Å². The number of rotatable bonds is 17. The van der Waals surface area contributed by atoms with Crippen LogP contribution in [0, 0.1) is 14.4 Å². The Labute approximate surface area is 571 Å². The van der Waals surface area contributed by atoms with Crippen LogP contribution in [0.1, 0.15) is 224 Å². The molecule has 0 radical (unpaired) electrons. The first kappa shape index (κ1) is 72.6. The summed E-state index contributed by atoms with van der Waals surface area (Å²) in [5, 5.41) is 15.8. The van der Waals surface area contributed by atoms with E-state index in [9.17, 15) is 19.5 Å². The summed E-state index contributed by atoms with van der Waals surface area (Å²) in [5.74, 6) is 0. The molecule has 6 fully saturated rings. The molecule has 0 aliphatic heterocycles. The van der Waals surface area contributed by atoms with Crippen molar-refractivity contribution in [2.75, 3.05) is 0 Å². The highest BCUT2D eigenvalue weighted by Crippen LogP contribution is 2.61. The maximum atomic E-state index is 13.7. The number of aliphatic hydroxyl groups excluding tert-OH is 1. The number of nitrogens with zero attached hydrogens (tertiary/aromatic N) is 6. The number of ether oxygens (including phenoxy) is 2. The third-order valence-electron chi connectivity index (χ3n) is 22.1. The van der Waals surface area contributed by atoms with Gasteiger partial charge in [-0.25, -0.2) is 19.6 Å². The second-order valence-electron chi connectivity index (χ2n) is 31.3. The molecule has 12 nitrogen and oxygen atoms in total. The average molecular weight is 1430 g/mol. The number of pyridine rings is 2. The van der Waals surface area contributed by atoms with Crippen LogP contribution >= 0.6 is 45.8 Å². The van der Waals surface area contributed by atoms with E-state index in [0.29, 0.717) is 51.4 Å².